The van der Waals surface area contributed by atoms with Crippen LogP contribution in [0.5, 0.6) is 0 Å². The Kier molecular flexibility index (Phi) is 6.31. The van der Waals surface area contributed by atoms with Crippen LogP contribution in [-0.2, 0) is 19.3 Å². The zero-order valence-corrected chi connectivity index (χ0v) is 22.1. The van der Waals surface area contributed by atoms with Crippen LogP contribution >= 0.6 is 0 Å². The van der Waals surface area contributed by atoms with E-state index in [1.54, 1.807) is 0 Å². The molecular weight excluding hydrogens is 468 g/mol. The largest absolute Gasteiger partial charge is 0.0802 e. The number of benzene rings is 5. The summed E-state index contributed by atoms with van der Waals surface area (Å²) < 4.78 is 0. The molecule has 0 spiro atoms. The highest BCUT2D eigenvalue weighted by atomic mass is 14.3. The molecule has 4 aliphatic carbocycles. The van der Waals surface area contributed by atoms with Gasteiger partial charge in [0.2, 0.25) is 0 Å². The molecule has 0 bridgehead atoms. The van der Waals surface area contributed by atoms with Crippen LogP contribution in [0.3, 0.4) is 0 Å². The van der Waals surface area contributed by atoms with Crippen LogP contribution in [0.25, 0.3) is 22.3 Å². The summed E-state index contributed by atoms with van der Waals surface area (Å²) in [5.41, 5.74) is 14.6. The van der Waals surface area contributed by atoms with Crippen molar-refractivity contribution in [2.75, 3.05) is 0 Å². The zero-order valence-electron chi connectivity index (χ0n) is 22.1. The van der Waals surface area contributed by atoms with E-state index in [2.05, 4.69) is 146 Å². The van der Waals surface area contributed by atoms with Crippen LogP contribution in [-0.4, -0.2) is 0 Å². The SMILES string of the molecule is C1=CC2Cc3ccccc3C2C=C1.c1ccc2c(c1)Cc1ccccc1-2.c1ccc2c(c1)Cc1ccccc1-2. The minimum absolute atomic E-state index is 0.654. The van der Waals surface area contributed by atoms with Gasteiger partial charge in [0.05, 0.1) is 0 Å². The number of hydrogen-bond donors (Lipinski definition) is 0. The lowest BCUT2D eigenvalue weighted by Crippen LogP contribution is -2.03. The van der Waals surface area contributed by atoms with Gasteiger partial charge in [0.25, 0.3) is 0 Å². The van der Waals surface area contributed by atoms with E-state index in [0.29, 0.717) is 5.92 Å². The minimum Gasteiger partial charge on any atom is -0.0802 e. The Hall–Kier alpha value is -4.42. The van der Waals surface area contributed by atoms with E-state index < -0.39 is 0 Å². The first-order valence-electron chi connectivity index (χ1n) is 14.1. The van der Waals surface area contributed by atoms with E-state index in [1.807, 2.05) is 0 Å². The number of rotatable bonds is 0. The van der Waals surface area contributed by atoms with Gasteiger partial charge in [-0.2, -0.15) is 0 Å². The van der Waals surface area contributed by atoms with Gasteiger partial charge in [-0.1, -0.05) is 146 Å². The highest BCUT2D eigenvalue weighted by Crippen LogP contribution is 2.41. The van der Waals surface area contributed by atoms with Gasteiger partial charge in [-0.05, 0) is 80.8 Å². The van der Waals surface area contributed by atoms with Crippen LogP contribution in [0.4, 0.5) is 0 Å². The van der Waals surface area contributed by atoms with Gasteiger partial charge in [-0.25, -0.2) is 0 Å². The molecular formula is C39H32. The standard InChI is InChI=1S/C13H12.2C13H10/c3*1-3-7-12-10(5-1)9-11-6-2-4-8-13(11)12/h1-8,10,12H,9H2;2*1-8H,9H2. The number of hydrogen-bond acceptors (Lipinski definition) is 0. The van der Waals surface area contributed by atoms with E-state index in [4.69, 9.17) is 0 Å². The highest BCUT2D eigenvalue weighted by Gasteiger charge is 2.29. The van der Waals surface area contributed by atoms with E-state index in [9.17, 15) is 0 Å². The topological polar surface area (TPSA) is 0 Å². The Morgan fingerprint density at radius 3 is 1.26 bits per heavy atom. The molecule has 0 heteroatoms. The summed E-state index contributed by atoms with van der Waals surface area (Å²) in [6, 6.07) is 43.4. The van der Waals surface area contributed by atoms with Gasteiger partial charge in [0, 0.05) is 5.92 Å². The van der Waals surface area contributed by atoms with Crippen LogP contribution < -0.4 is 0 Å². The maximum atomic E-state index is 2.34. The summed E-state index contributed by atoms with van der Waals surface area (Å²) in [5, 5.41) is 0. The zero-order chi connectivity index (χ0) is 26.0. The lowest BCUT2D eigenvalue weighted by atomic mass is 9.89. The van der Waals surface area contributed by atoms with Crippen molar-refractivity contribution >= 4 is 0 Å². The lowest BCUT2D eigenvalue weighted by Gasteiger charge is -2.15. The first-order valence-corrected chi connectivity index (χ1v) is 14.1. The molecule has 0 saturated heterocycles. The minimum atomic E-state index is 0.654. The second-order valence-corrected chi connectivity index (χ2v) is 10.8. The molecule has 0 radical (unpaired) electrons. The predicted molar refractivity (Wildman–Crippen MR) is 164 cm³/mol. The average Bonchev–Trinajstić information content (AvgIpc) is 3.69. The molecule has 188 valence electrons. The van der Waals surface area contributed by atoms with Crippen molar-refractivity contribution in [2.45, 2.75) is 25.2 Å². The quantitative estimate of drug-likeness (QED) is 0.194. The van der Waals surface area contributed by atoms with Crippen LogP contribution in [0.15, 0.2) is 146 Å². The van der Waals surface area contributed by atoms with Gasteiger partial charge in [0.15, 0.2) is 0 Å². The van der Waals surface area contributed by atoms with E-state index in [1.165, 1.54) is 62.1 Å². The molecule has 9 rings (SSSR count). The number of fused-ring (bicyclic) bond motifs is 9. The van der Waals surface area contributed by atoms with Crippen molar-refractivity contribution in [1.29, 1.82) is 0 Å². The third-order valence-electron chi connectivity index (χ3n) is 8.53. The summed E-state index contributed by atoms with van der Waals surface area (Å²) in [4.78, 5) is 0. The van der Waals surface area contributed by atoms with E-state index >= 15 is 0 Å². The fourth-order valence-electron chi connectivity index (χ4n) is 6.64. The van der Waals surface area contributed by atoms with Gasteiger partial charge < -0.3 is 0 Å². The van der Waals surface area contributed by atoms with Crippen molar-refractivity contribution in [1.82, 2.24) is 0 Å². The summed E-state index contributed by atoms with van der Waals surface area (Å²) in [6.45, 7) is 0. The molecule has 4 aliphatic rings. The van der Waals surface area contributed by atoms with Gasteiger partial charge >= 0.3 is 0 Å². The second-order valence-electron chi connectivity index (χ2n) is 10.8. The molecule has 2 atom stereocenters. The molecule has 5 aromatic carbocycles. The molecule has 0 amide bonds. The van der Waals surface area contributed by atoms with Crippen molar-refractivity contribution in [3.05, 3.63) is 179 Å². The van der Waals surface area contributed by atoms with Gasteiger partial charge in [-0.15, -0.1) is 0 Å². The Labute approximate surface area is 232 Å². The maximum absolute atomic E-state index is 2.34. The third-order valence-corrected chi connectivity index (χ3v) is 8.53. The van der Waals surface area contributed by atoms with E-state index in [0.717, 1.165) is 18.8 Å². The summed E-state index contributed by atoms with van der Waals surface area (Å²) in [5.74, 6) is 1.38. The van der Waals surface area contributed by atoms with Crippen LogP contribution in [0.1, 0.15) is 39.3 Å². The van der Waals surface area contributed by atoms with Crippen LogP contribution in [0, 0.1) is 5.92 Å². The molecule has 0 N–H and O–H groups in total. The van der Waals surface area contributed by atoms with E-state index in [-0.39, 0.29) is 0 Å². The summed E-state index contributed by atoms with van der Waals surface area (Å²) in [7, 11) is 0. The normalized spacial score (nSPS) is 17.7. The molecule has 0 aromatic heterocycles. The molecule has 0 saturated carbocycles. The smallest absolute Gasteiger partial charge is 0.00899 e. The fourth-order valence-corrected chi connectivity index (χ4v) is 6.64. The van der Waals surface area contributed by atoms with Gasteiger partial charge in [-0.3, -0.25) is 0 Å². The molecule has 0 heterocycles. The Balaban J connectivity index is 0.0000000974. The van der Waals surface area contributed by atoms with Gasteiger partial charge in [0.1, 0.15) is 0 Å². The second kappa shape index (κ2) is 10.4. The molecule has 5 aromatic rings. The van der Waals surface area contributed by atoms with Crippen LogP contribution in [0.2, 0.25) is 0 Å². The van der Waals surface area contributed by atoms with Crippen molar-refractivity contribution in [3.8, 4) is 22.3 Å². The Morgan fingerprint density at radius 1 is 0.385 bits per heavy atom. The van der Waals surface area contributed by atoms with Crippen molar-refractivity contribution in [2.24, 2.45) is 5.92 Å². The first kappa shape index (κ1) is 23.7. The maximum Gasteiger partial charge on any atom is 0.00899 e. The molecule has 2 unspecified atom stereocenters. The highest BCUT2D eigenvalue weighted by molar-refractivity contribution is 5.77. The molecule has 0 aliphatic heterocycles. The monoisotopic (exact) mass is 500 g/mol. The fraction of sp³-hybridized carbons (Fsp3) is 0.128. The predicted octanol–water partition coefficient (Wildman–Crippen LogP) is 9.58. The third kappa shape index (κ3) is 4.57. The molecule has 39 heavy (non-hydrogen) atoms. The number of allylic oxidation sites excluding steroid dienone is 4. The Morgan fingerprint density at radius 2 is 0.769 bits per heavy atom. The average molecular weight is 501 g/mol. The Bertz CT molecular complexity index is 1520. The summed E-state index contributed by atoms with van der Waals surface area (Å²) >= 11 is 0. The molecule has 0 nitrogen and oxygen atoms in total. The lowest BCUT2D eigenvalue weighted by molar-refractivity contribution is 0.630. The first-order chi connectivity index (χ1) is 19.3. The summed E-state index contributed by atoms with van der Waals surface area (Å²) in [6.07, 6.45) is 12.4. The van der Waals surface area contributed by atoms with Crippen molar-refractivity contribution < 1.29 is 0 Å². The molecule has 0 fully saturated rings. The van der Waals surface area contributed by atoms with Crippen molar-refractivity contribution in [3.63, 3.8) is 0 Å².